The van der Waals surface area contributed by atoms with Gasteiger partial charge in [0.2, 0.25) is 0 Å². The molecule has 1 aliphatic rings. The largest absolute Gasteiger partial charge is 0.493 e. The first-order valence-electron chi connectivity index (χ1n) is 11.5. The average molecular weight is 507 g/mol. The molecule has 0 atom stereocenters. The van der Waals surface area contributed by atoms with Gasteiger partial charge in [-0.3, -0.25) is 14.9 Å². The molecule has 1 fully saturated rings. The molecule has 0 radical (unpaired) electrons. The number of carboxylic acid groups (broad SMARTS) is 1. The molecule has 3 aromatic carbocycles. The summed E-state index contributed by atoms with van der Waals surface area (Å²) in [4.78, 5) is 35.5. The van der Waals surface area contributed by atoms with E-state index in [4.69, 9.17) is 19.3 Å². The van der Waals surface area contributed by atoms with Crippen molar-refractivity contribution in [2.75, 3.05) is 25.5 Å². The quantitative estimate of drug-likeness (QED) is 0.314. The van der Waals surface area contributed by atoms with Crippen molar-refractivity contribution in [1.82, 2.24) is 4.90 Å². The zero-order chi connectivity index (χ0) is 26.4. The van der Waals surface area contributed by atoms with E-state index in [-0.39, 0.29) is 23.4 Å². The van der Waals surface area contributed by atoms with Crippen LogP contribution in [0.4, 0.5) is 16.2 Å². The molecule has 3 aromatic rings. The maximum Gasteiger partial charge on any atom is 0.407 e. The summed E-state index contributed by atoms with van der Waals surface area (Å²) >= 11 is 0. The maximum absolute atomic E-state index is 12.6. The molecule has 1 heterocycles. The lowest BCUT2D eigenvalue weighted by Crippen LogP contribution is -2.41. The molecule has 1 aliphatic heterocycles. The third kappa shape index (κ3) is 6.45. The molecule has 0 bridgehead atoms. The minimum atomic E-state index is -0.916. The van der Waals surface area contributed by atoms with Crippen molar-refractivity contribution in [3.05, 3.63) is 82.4 Å². The van der Waals surface area contributed by atoms with E-state index in [1.807, 2.05) is 0 Å². The summed E-state index contributed by atoms with van der Waals surface area (Å²) in [6.45, 7) is 0.873. The molecule has 0 saturated carbocycles. The third-order valence-corrected chi connectivity index (χ3v) is 5.83. The minimum Gasteiger partial charge on any atom is -0.493 e. The number of carbonyl (C=O) groups excluding carboxylic acids is 1. The minimum absolute atomic E-state index is 0.0676. The number of piperidine rings is 1. The third-order valence-electron chi connectivity index (χ3n) is 5.83. The normalized spacial score (nSPS) is 13.5. The number of amides is 2. The first kappa shape index (κ1) is 25.3. The van der Waals surface area contributed by atoms with E-state index in [1.54, 1.807) is 48.5 Å². The second kappa shape index (κ2) is 11.3. The smallest absolute Gasteiger partial charge is 0.407 e. The van der Waals surface area contributed by atoms with Crippen molar-refractivity contribution in [3.8, 4) is 23.0 Å². The summed E-state index contributed by atoms with van der Waals surface area (Å²) in [6.07, 6.45) is 0.249. The predicted octanol–water partition coefficient (Wildman–Crippen LogP) is 5.17. The number of non-ortho nitro benzene ring substituents is 1. The van der Waals surface area contributed by atoms with Crippen molar-refractivity contribution < 1.29 is 33.8 Å². The zero-order valence-corrected chi connectivity index (χ0v) is 20.0. The Kier molecular flexibility index (Phi) is 7.72. The average Bonchev–Trinajstić information content (AvgIpc) is 2.90. The Balaban J connectivity index is 1.31. The monoisotopic (exact) mass is 507 g/mol. The predicted molar refractivity (Wildman–Crippen MR) is 134 cm³/mol. The van der Waals surface area contributed by atoms with Crippen LogP contribution in [0.5, 0.6) is 23.0 Å². The molecular weight excluding hydrogens is 482 g/mol. The highest BCUT2D eigenvalue weighted by Gasteiger charge is 2.23. The lowest BCUT2D eigenvalue weighted by molar-refractivity contribution is -0.384. The number of nitro benzene ring substituents is 1. The number of benzene rings is 3. The Morgan fingerprint density at radius 2 is 1.62 bits per heavy atom. The van der Waals surface area contributed by atoms with E-state index in [2.05, 4.69) is 5.32 Å². The number of methoxy groups -OCH3 is 1. The molecule has 0 unspecified atom stereocenters. The van der Waals surface area contributed by atoms with Crippen LogP contribution >= 0.6 is 0 Å². The van der Waals surface area contributed by atoms with Crippen LogP contribution in [-0.4, -0.2) is 53.2 Å². The van der Waals surface area contributed by atoms with E-state index >= 15 is 0 Å². The molecular formula is C26H25N3O8. The van der Waals surface area contributed by atoms with Gasteiger partial charge in [0.05, 0.1) is 18.1 Å². The SMILES string of the molecule is COc1cc([N+](=O)[O-])ccc1Oc1ccc(NC(=O)c2ccc(OC3CCN(C(=O)O)CC3)cc2)cc1. The Morgan fingerprint density at radius 1 is 0.973 bits per heavy atom. The number of likely N-dealkylation sites (tertiary alicyclic amines) is 1. The summed E-state index contributed by atoms with van der Waals surface area (Å²) < 4.78 is 16.9. The van der Waals surface area contributed by atoms with Gasteiger partial charge in [-0.25, -0.2) is 4.79 Å². The van der Waals surface area contributed by atoms with Crippen molar-refractivity contribution in [1.29, 1.82) is 0 Å². The number of hydrogen-bond acceptors (Lipinski definition) is 7. The van der Waals surface area contributed by atoms with Crippen molar-refractivity contribution >= 4 is 23.4 Å². The van der Waals surface area contributed by atoms with Gasteiger partial charge in [0.15, 0.2) is 11.5 Å². The first-order valence-corrected chi connectivity index (χ1v) is 11.5. The fourth-order valence-corrected chi connectivity index (χ4v) is 3.83. The summed E-state index contributed by atoms with van der Waals surface area (Å²) in [5, 5.41) is 22.8. The number of nitrogens with zero attached hydrogens (tertiary/aromatic N) is 2. The van der Waals surface area contributed by atoms with Gasteiger partial charge in [0, 0.05) is 43.2 Å². The topological polar surface area (TPSA) is 140 Å². The number of nitrogens with one attached hydrogen (secondary N) is 1. The van der Waals surface area contributed by atoms with Crippen LogP contribution < -0.4 is 19.5 Å². The number of anilines is 1. The van der Waals surface area contributed by atoms with Crippen LogP contribution in [0.15, 0.2) is 66.7 Å². The highest BCUT2D eigenvalue weighted by atomic mass is 16.6. The molecule has 2 N–H and O–H groups in total. The number of ether oxygens (including phenoxy) is 3. The number of rotatable bonds is 8. The first-order chi connectivity index (χ1) is 17.8. The van der Waals surface area contributed by atoms with Crippen LogP contribution in [0.2, 0.25) is 0 Å². The molecule has 0 spiro atoms. The van der Waals surface area contributed by atoms with Gasteiger partial charge in [-0.2, -0.15) is 0 Å². The maximum atomic E-state index is 12.6. The van der Waals surface area contributed by atoms with E-state index in [0.717, 1.165) is 0 Å². The van der Waals surface area contributed by atoms with Crippen LogP contribution in [0.25, 0.3) is 0 Å². The van der Waals surface area contributed by atoms with Gasteiger partial charge in [0.25, 0.3) is 11.6 Å². The van der Waals surface area contributed by atoms with Crippen LogP contribution in [-0.2, 0) is 0 Å². The van der Waals surface area contributed by atoms with E-state index in [9.17, 15) is 19.7 Å². The van der Waals surface area contributed by atoms with Crippen LogP contribution in [0.3, 0.4) is 0 Å². The van der Waals surface area contributed by atoms with Gasteiger partial charge in [-0.1, -0.05) is 0 Å². The van der Waals surface area contributed by atoms with E-state index in [0.29, 0.717) is 54.4 Å². The van der Waals surface area contributed by atoms with E-state index in [1.165, 1.54) is 30.2 Å². The summed E-state index contributed by atoms with van der Waals surface area (Å²) in [7, 11) is 1.40. The lowest BCUT2D eigenvalue weighted by Gasteiger charge is -2.30. The molecule has 1 saturated heterocycles. The van der Waals surface area contributed by atoms with Gasteiger partial charge >= 0.3 is 6.09 Å². The van der Waals surface area contributed by atoms with Gasteiger partial charge in [0.1, 0.15) is 17.6 Å². The molecule has 11 heteroatoms. The second-order valence-corrected chi connectivity index (χ2v) is 8.28. The van der Waals surface area contributed by atoms with Gasteiger partial charge in [-0.15, -0.1) is 0 Å². The van der Waals surface area contributed by atoms with Crippen molar-refractivity contribution in [2.45, 2.75) is 18.9 Å². The summed E-state index contributed by atoms with van der Waals surface area (Å²) in [5.74, 6) is 1.32. The summed E-state index contributed by atoms with van der Waals surface area (Å²) in [6, 6.07) is 17.5. The second-order valence-electron chi connectivity index (χ2n) is 8.28. The van der Waals surface area contributed by atoms with Crippen molar-refractivity contribution in [2.24, 2.45) is 0 Å². The lowest BCUT2D eigenvalue weighted by atomic mass is 10.1. The Bertz CT molecular complexity index is 1270. The molecule has 4 rings (SSSR count). The van der Waals surface area contributed by atoms with Crippen molar-refractivity contribution in [3.63, 3.8) is 0 Å². The number of nitro groups is 1. The van der Waals surface area contributed by atoms with Gasteiger partial charge in [-0.05, 0) is 54.6 Å². The van der Waals surface area contributed by atoms with E-state index < -0.39 is 11.0 Å². The molecule has 37 heavy (non-hydrogen) atoms. The van der Waals surface area contributed by atoms with Crippen LogP contribution in [0.1, 0.15) is 23.2 Å². The highest BCUT2D eigenvalue weighted by Crippen LogP contribution is 2.34. The zero-order valence-electron chi connectivity index (χ0n) is 20.0. The molecule has 192 valence electrons. The molecule has 2 amide bonds. The standard InChI is InChI=1S/C26H25N3O8/c1-35-24-16-19(29(33)34)6-11-23(24)37-21-9-4-18(5-10-21)27-25(30)17-2-7-20(8-3-17)36-22-12-14-28(15-13-22)26(31)32/h2-11,16,22H,12-15H2,1H3,(H,27,30)(H,31,32). The summed E-state index contributed by atoms with van der Waals surface area (Å²) in [5.41, 5.74) is 0.894. The Labute approximate surface area is 212 Å². The highest BCUT2D eigenvalue weighted by molar-refractivity contribution is 6.04. The number of hydrogen-bond donors (Lipinski definition) is 2. The van der Waals surface area contributed by atoms with Crippen LogP contribution in [0, 0.1) is 10.1 Å². The fourth-order valence-electron chi connectivity index (χ4n) is 3.83. The number of carbonyl (C=O) groups is 2. The molecule has 0 aromatic heterocycles. The Morgan fingerprint density at radius 3 is 2.22 bits per heavy atom. The Hall–Kier alpha value is -4.80. The molecule has 0 aliphatic carbocycles. The van der Waals surface area contributed by atoms with Gasteiger partial charge < -0.3 is 29.5 Å². The molecule has 11 nitrogen and oxygen atoms in total. The fraction of sp³-hybridized carbons (Fsp3) is 0.231.